The number of methoxy groups -OCH3 is 1. The number of ether oxygens (including phenoxy) is 2. The Labute approximate surface area is 108 Å². The van der Waals surface area contributed by atoms with Gasteiger partial charge in [-0.05, 0) is 26.2 Å². The average Bonchev–Trinajstić information content (AvgIpc) is 2.87. The van der Waals surface area contributed by atoms with Crippen molar-refractivity contribution in [1.82, 2.24) is 4.98 Å². The summed E-state index contributed by atoms with van der Waals surface area (Å²) in [6.45, 7) is 5.67. The van der Waals surface area contributed by atoms with Crippen molar-refractivity contribution in [1.29, 1.82) is 0 Å². The number of nitrogens with two attached hydrogens (primary N) is 1. The van der Waals surface area contributed by atoms with Crippen LogP contribution < -0.4 is 10.5 Å². The molecule has 0 aliphatic carbocycles. The highest BCUT2D eigenvalue weighted by atomic mass is 16.5. The summed E-state index contributed by atoms with van der Waals surface area (Å²) >= 11 is 0. The zero-order valence-corrected chi connectivity index (χ0v) is 11.4. The number of rotatable bonds is 4. The first-order valence-electron chi connectivity index (χ1n) is 6.46. The van der Waals surface area contributed by atoms with Crippen LogP contribution in [0.2, 0.25) is 0 Å². The molecule has 2 unspecified atom stereocenters. The second kappa shape index (κ2) is 5.67. The Bertz CT molecular complexity index is 415. The Balaban J connectivity index is 2.13. The van der Waals surface area contributed by atoms with Gasteiger partial charge >= 0.3 is 0 Å². The van der Waals surface area contributed by atoms with Crippen LogP contribution in [-0.4, -0.2) is 31.3 Å². The number of hydrogen-bond acceptors (Lipinski definition) is 4. The summed E-state index contributed by atoms with van der Waals surface area (Å²) in [5.41, 5.74) is 9.46. The number of pyridine rings is 1. The summed E-state index contributed by atoms with van der Waals surface area (Å²) in [6.07, 6.45) is 3.71. The first-order chi connectivity index (χ1) is 8.63. The van der Waals surface area contributed by atoms with Crippen LogP contribution in [0.25, 0.3) is 0 Å². The van der Waals surface area contributed by atoms with E-state index in [0.717, 1.165) is 48.6 Å². The molecule has 0 amide bonds. The maximum atomic E-state index is 6.25. The van der Waals surface area contributed by atoms with E-state index in [4.69, 9.17) is 15.2 Å². The molecule has 2 N–H and O–H groups in total. The van der Waals surface area contributed by atoms with Crippen LogP contribution in [0.1, 0.15) is 23.2 Å². The number of aryl methyl sites for hydroxylation is 1. The maximum absolute atomic E-state index is 6.25. The SMILES string of the molecule is COc1c(C)cnc(CC(N)C2CCOC2)c1C. The van der Waals surface area contributed by atoms with Gasteiger partial charge in [-0.25, -0.2) is 0 Å². The minimum absolute atomic E-state index is 0.117. The van der Waals surface area contributed by atoms with E-state index in [0.29, 0.717) is 5.92 Å². The third-order valence-electron chi connectivity index (χ3n) is 3.75. The summed E-state index contributed by atoms with van der Waals surface area (Å²) in [4.78, 5) is 4.50. The lowest BCUT2D eigenvalue weighted by atomic mass is 9.94. The van der Waals surface area contributed by atoms with Gasteiger partial charge in [0.05, 0.1) is 13.7 Å². The monoisotopic (exact) mass is 250 g/mol. The fourth-order valence-corrected chi connectivity index (χ4v) is 2.56. The van der Waals surface area contributed by atoms with Crippen molar-refractivity contribution >= 4 is 0 Å². The molecule has 0 radical (unpaired) electrons. The highest BCUT2D eigenvalue weighted by Gasteiger charge is 2.24. The van der Waals surface area contributed by atoms with E-state index in [9.17, 15) is 0 Å². The standard InChI is InChI=1S/C14H22N2O2/c1-9-7-16-13(10(2)14(9)17-3)6-12(15)11-4-5-18-8-11/h7,11-12H,4-6,8,15H2,1-3H3. The second-order valence-electron chi connectivity index (χ2n) is 5.04. The molecular formula is C14H22N2O2. The van der Waals surface area contributed by atoms with Crippen LogP contribution in [0, 0.1) is 19.8 Å². The zero-order chi connectivity index (χ0) is 13.1. The maximum Gasteiger partial charge on any atom is 0.128 e. The summed E-state index contributed by atoms with van der Waals surface area (Å²) in [7, 11) is 1.70. The molecule has 0 aromatic carbocycles. The van der Waals surface area contributed by atoms with Gasteiger partial charge in [0.25, 0.3) is 0 Å². The van der Waals surface area contributed by atoms with Gasteiger partial charge in [-0.1, -0.05) is 0 Å². The molecule has 1 aromatic rings. The molecule has 1 fully saturated rings. The summed E-state index contributed by atoms with van der Waals surface area (Å²) in [5.74, 6) is 1.38. The minimum Gasteiger partial charge on any atom is -0.496 e. The van der Waals surface area contributed by atoms with Crippen molar-refractivity contribution in [2.45, 2.75) is 32.7 Å². The Morgan fingerprint density at radius 3 is 2.94 bits per heavy atom. The molecule has 2 atom stereocenters. The molecule has 4 heteroatoms. The summed E-state index contributed by atoms with van der Waals surface area (Å²) < 4.78 is 10.8. The molecule has 18 heavy (non-hydrogen) atoms. The number of aromatic nitrogens is 1. The molecule has 0 saturated carbocycles. The number of hydrogen-bond donors (Lipinski definition) is 1. The zero-order valence-electron chi connectivity index (χ0n) is 11.4. The van der Waals surface area contributed by atoms with Gasteiger partial charge in [-0.3, -0.25) is 4.98 Å². The van der Waals surface area contributed by atoms with E-state index in [1.165, 1.54) is 0 Å². The Morgan fingerprint density at radius 2 is 2.33 bits per heavy atom. The molecule has 1 aliphatic heterocycles. The number of nitrogens with zero attached hydrogens (tertiary/aromatic N) is 1. The van der Waals surface area contributed by atoms with Crippen LogP contribution in [0.3, 0.4) is 0 Å². The normalized spacial score (nSPS) is 21.0. The van der Waals surface area contributed by atoms with Crippen LogP contribution in [0.4, 0.5) is 0 Å². The molecule has 1 saturated heterocycles. The largest absolute Gasteiger partial charge is 0.496 e. The lowest BCUT2D eigenvalue weighted by molar-refractivity contribution is 0.180. The second-order valence-corrected chi connectivity index (χ2v) is 5.04. The van der Waals surface area contributed by atoms with E-state index < -0.39 is 0 Å². The molecule has 2 heterocycles. The van der Waals surface area contributed by atoms with E-state index in [2.05, 4.69) is 4.98 Å². The molecule has 1 aromatic heterocycles. The quantitative estimate of drug-likeness (QED) is 0.882. The predicted octanol–water partition coefficient (Wildman–Crippen LogP) is 1.61. The smallest absolute Gasteiger partial charge is 0.128 e. The van der Waals surface area contributed by atoms with Crippen LogP contribution >= 0.6 is 0 Å². The molecule has 0 spiro atoms. The molecular weight excluding hydrogens is 228 g/mol. The van der Waals surface area contributed by atoms with Gasteiger partial charge in [0.2, 0.25) is 0 Å². The van der Waals surface area contributed by atoms with Crippen molar-refractivity contribution in [3.63, 3.8) is 0 Å². The van der Waals surface area contributed by atoms with E-state index in [1.54, 1.807) is 7.11 Å². The molecule has 2 rings (SSSR count). The minimum atomic E-state index is 0.117. The Hall–Kier alpha value is -1.13. The van der Waals surface area contributed by atoms with Gasteiger partial charge in [-0.15, -0.1) is 0 Å². The fraction of sp³-hybridized carbons (Fsp3) is 0.643. The van der Waals surface area contributed by atoms with Gasteiger partial charge in [0.1, 0.15) is 5.75 Å². The summed E-state index contributed by atoms with van der Waals surface area (Å²) in [6, 6.07) is 0.117. The summed E-state index contributed by atoms with van der Waals surface area (Å²) in [5, 5.41) is 0. The van der Waals surface area contributed by atoms with Gasteiger partial charge in [0.15, 0.2) is 0 Å². The van der Waals surface area contributed by atoms with Crippen molar-refractivity contribution in [3.8, 4) is 5.75 Å². The first-order valence-corrected chi connectivity index (χ1v) is 6.46. The van der Waals surface area contributed by atoms with Crippen LogP contribution in [0.15, 0.2) is 6.20 Å². The highest BCUT2D eigenvalue weighted by Crippen LogP contribution is 2.26. The molecule has 100 valence electrons. The lowest BCUT2D eigenvalue weighted by Gasteiger charge is -2.19. The highest BCUT2D eigenvalue weighted by molar-refractivity contribution is 5.41. The van der Waals surface area contributed by atoms with Gasteiger partial charge in [-0.2, -0.15) is 0 Å². The average molecular weight is 250 g/mol. The van der Waals surface area contributed by atoms with E-state index >= 15 is 0 Å². The molecule has 0 bridgehead atoms. The van der Waals surface area contributed by atoms with E-state index in [1.807, 2.05) is 20.0 Å². The lowest BCUT2D eigenvalue weighted by Crippen LogP contribution is -2.33. The third-order valence-corrected chi connectivity index (χ3v) is 3.75. The fourth-order valence-electron chi connectivity index (χ4n) is 2.56. The van der Waals surface area contributed by atoms with Crippen molar-refractivity contribution in [3.05, 3.63) is 23.0 Å². The topological polar surface area (TPSA) is 57.4 Å². The Kier molecular flexibility index (Phi) is 4.19. The van der Waals surface area contributed by atoms with Crippen molar-refractivity contribution in [2.24, 2.45) is 11.7 Å². The first kappa shape index (κ1) is 13.3. The van der Waals surface area contributed by atoms with E-state index in [-0.39, 0.29) is 6.04 Å². The van der Waals surface area contributed by atoms with Gasteiger partial charge in [0, 0.05) is 42.1 Å². The van der Waals surface area contributed by atoms with Crippen LogP contribution in [0.5, 0.6) is 5.75 Å². The third kappa shape index (κ3) is 2.65. The Morgan fingerprint density at radius 1 is 1.56 bits per heavy atom. The predicted molar refractivity (Wildman–Crippen MR) is 70.9 cm³/mol. The van der Waals surface area contributed by atoms with Gasteiger partial charge < -0.3 is 15.2 Å². The molecule has 4 nitrogen and oxygen atoms in total. The van der Waals surface area contributed by atoms with Crippen molar-refractivity contribution < 1.29 is 9.47 Å². The van der Waals surface area contributed by atoms with Crippen LogP contribution in [-0.2, 0) is 11.2 Å². The van der Waals surface area contributed by atoms with Crippen molar-refractivity contribution in [2.75, 3.05) is 20.3 Å². The molecule has 1 aliphatic rings.